The number of benzene rings is 1. The number of alkyl halides is 3. The lowest BCUT2D eigenvalue weighted by Gasteiger charge is -2.20. The lowest BCUT2D eigenvalue weighted by Crippen LogP contribution is -2.29. The van der Waals surface area contributed by atoms with Crippen molar-refractivity contribution in [3.63, 3.8) is 0 Å². The Hall–Kier alpha value is -4.16. The van der Waals surface area contributed by atoms with Crippen LogP contribution in [0.2, 0.25) is 0 Å². The van der Waals surface area contributed by atoms with Crippen molar-refractivity contribution in [3.8, 4) is 28.6 Å². The Morgan fingerprint density at radius 2 is 1.54 bits per heavy atom. The van der Waals surface area contributed by atoms with E-state index in [-0.39, 0.29) is 23.1 Å². The molecule has 0 bridgehead atoms. The van der Waals surface area contributed by atoms with Crippen molar-refractivity contribution in [1.29, 1.82) is 0 Å². The van der Waals surface area contributed by atoms with Crippen molar-refractivity contribution in [2.24, 2.45) is 10.1 Å². The Kier molecular flexibility index (Phi) is 7.05. The number of hydrogen-bond donors (Lipinski definition) is 0. The summed E-state index contributed by atoms with van der Waals surface area (Å²) >= 11 is 0. The molecule has 196 valence electrons. The van der Waals surface area contributed by atoms with E-state index >= 15 is 0 Å². The van der Waals surface area contributed by atoms with E-state index in [0.29, 0.717) is 28.6 Å². The normalized spacial score (nSPS) is 14.0. The number of anilines is 1. The summed E-state index contributed by atoms with van der Waals surface area (Å²) in [4.78, 5) is 10.8. The second-order valence-electron chi connectivity index (χ2n) is 7.92. The van der Waals surface area contributed by atoms with Gasteiger partial charge in [0.1, 0.15) is 17.3 Å². The summed E-state index contributed by atoms with van der Waals surface area (Å²) in [6.07, 6.45) is -4.79. The number of aryl methyl sites for hydroxylation is 1. The highest BCUT2D eigenvalue weighted by atomic mass is 19.4. The summed E-state index contributed by atoms with van der Waals surface area (Å²) in [5, 5.41) is 11.9. The highest BCUT2D eigenvalue weighted by molar-refractivity contribution is 6.51. The minimum atomic E-state index is -4.79. The Labute approximate surface area is 211 Å². The second kappa shape index (κ2) is 10.1. The minimum Gasteiger partial charge on any atom is -0.496 e. The van der Waals surface area contributed by atoms with Crippen molar-refractivity contribution >= 4 is 22.9 Å². The molecule has 0 N–H and O–H groups in total. The van der Waals surface area contributed by atoms with Crippen LogP contribution in [-0.4, -0.2) is 71.9 Å². The molecule has 37 heavy (non-hydrogen) atoms. The maximum Gasteiger partial charge on any atom is 0.437 e. The predicted molar refractivity (Wildman–Crippen MR) is 133 cm³/mol. The fourth-order valence-electron chi connectivity index (χ4n) is 3.94. The average Bonchev–Trinajstić information content (AvgIpc) is 3.45. The zero-order valence-electron chi connectivity index (χ0n) is 21.2. The van der Waals surface area contributed by atoms with E-state index in [9.17, 15) is 13.2 Å². The fourth-order valence-corrected chi connectivity index (χ4v) is 3.94. The lowest BCUT2D eigenvalue weighted by atomic mass is 10.1. The summed E-state index contributed by atoms with van der Waals surface area (Å²) in [5.74, 6) is 1.57. The average molecular weight is 518 g/mol. The first kappa shape index (κ1) is 25.9. The summed E-state index contributed by atoms with van der Waals surface area (Å²) in [7, 11) is 4.32. The van der Waals surface area contributed by atoms with Crippen LogP contribution in [0, 0.1) is 6.92 Å². The van der Waals surface area contributed by atoms with Crippen LogP contribution in [0.25, 0.3) is 11.4 Å². The third-order valence-electron chi connectivity index (χ3n) is 5.85. The summed E-state index contributed by atoms with van der Waals surface area (Å²) in [6.45, 7) is 7.17. The number of hydrogen-bond acceptors (Lipinski definition) is 9. The first-order chi connectivity index (χ1) is 17.7. The molecule has 1 aliphatic rings. The van der Waals surface area contributed by atoms with Gasteiger partial charge in [0.25, 0.3) is 0 Å². The molecule has 4 rings (SSSR count). The number of halogens is 3. The first-order valence-electron chi connectivity index (χ1n) is 11.4. The molecule has 13 heteroatoms. The Morgan fingerprint density at radius 1 is 0.919 bits per heavy atom. The molecule has 0 aliphatic carbocycles. The molecule has 2 aromatic heterocycles. The van der Waals surface area contributed by atoms with Gasteiger partial charge in [0, 0.05) is 19.2 Å². The van der Waals surface area contributed by atoms with E-state index in [1.54, 1.807) is 25.1 Å². The molecular weight excluding hydrogens is 491 g/mol. The van der Waals surface area contributed by atoms with E-state index in [0.717, 1.165) is 17.8 Å². The molecule has 10 nitrogen and oxygen atoms in total. The van der Waals surface area contributed by atoms with Gasteiger partial charge in [-0.15, -0.1) is 10.2 Å². The van der Waals surface area contributed by atoms with Crippen molar-refractivity contribution in [3.05, 3.63) is 35.8 Å². The van der Waals surface area contributed by atoms with E-state index in [2.05, 4.69) is 25.3 Å². The molecule has 0 radical (unpaired) electrons. The standard InChI is InChI=1S/C24H26F3N7O3/c1-7-33(8-2)19-10-9-15(13(3)28-19)29-20-21(24(25,26)27)32-34-22(30-31-23(20)34)14-11-17(36-5)18(37-6)12-16(14)35-4/h9-12H,7-8H2,1-6H3/b29-20-. The van der Waals surface area contributed by atoms with E-state index in [4.69, 9.17) is 14.2 Å². The van der Waals surface area contributed by atoms with Gasteiger partial charge < -0.3 is 19.1 Å². The number of nitrogens with zero attached hydrogens (tertiary/aromatic N) is 7. The van der Waals surface area contributed by atoms with Crippen molar-refractivity contribution in [1.82, 2.24) is 19.9 Å². The quantitative estimate of drug-likeness (QED) is 0.436. The monoisotopic (exact) mass is 517 g/mol. The fraction of sp³-hybridized carbons (Fsp3) is 0.375. The molecule has 1 aromatic carbocycles. The van der Waals surface area contributed by atoms with Crippen LogP contribution >= 0.6 is 0 Å². The molecule has 0 fully saturated rings. The summed E-state index contributed by atoms with van der Waals surface area (Å²) in [6, 6.07) is 6.44. The predicted octanol–water partition coefficient (Wildman–Crippen LogP) is 4.42. The Bertz CT molecular complexity index is 1380. The maximum absolute atomic E-state index is 14.1. The Balaban J connectivity index is 1.86. The number of aliphatic imine (C=N–C) groups is 1. The number of pyridine rings is 1. The summed E-state index contributed by atoms with van der Waals surface area (Å²) in [5.41, 5.74) is -0.592. The molecule has 0 spiro atoms. The third-order valence-corrected chi connectivity index (χ3v) is 5.85. The number of methoxy groups -OCH3 is 3. The van der Waals surface area contributed by atoms with Crippen LogP contribution in [-0.2, 0) is 0 Å². The Morgan fingerprint density at radius 3 is 2.11 bits per heavy atom. The van der Waals surface area contributed by atoms with Gasteiger partial charge in [-0.1, -0.05) is 0 Å². The van der Waals surface area contributed by atoms with Gasteiger partial charge in [0.15, 0.2) is 23.0 Å². The van der Waals surface area contributed by atoms with Crippen LogP contribution < -0.4 is 19.1 Å². The number of rotatable bonds is 8. The maximum atomic E-state index is 14.1. The van der Waals surface area contributed by atoms with Crippen LogP contribution in [0.4, 0.5) is 24.7 Å². The van der Waals surface area contributed by atoms with Crippen molar-refractivity contribution in [2.75, 3.05) is 39.3 Å². The zero-order valence-corrected chi connectivity index (χ0v) is 21.2. The topological polar surface area (TPSA) is 99.3 Å². The van der Waals surface area contributed by atoms with Crippen LogP contribution in [0.15, 0.2) is 34.4 Å². The highest BCUT2D eigenvalue weighted by Gasteiger charge is 2.46. The van der Waals surface area contributed by atoms with Crippen LogP contribution in [0.1, 0.15) is 25.4 Å². The molecule has 3 heterocycles. The lowest BCUT2D eigenvalue weighted by molar-refractivity contribution is -0.0567. The smallest absolute Gasteiger partial charge is 0.437 e. The molecule has 0 unspecified atom stereocenters. The van der Waals surface area contributed by atoms with E-state index in [1.807, 2.05) is 18.7 Å². The minimum absolute atomic E-state index is 0.0199. The van der Waals surface area contributed by atoms with Gasteiger partial charge in [-0.3, -0.25) is 0 Å². The van der Waals surface area contributed by atoms with Crippen LogP contribution in [0.5, 0.6) is 17.2 Å². The van der Waals surface area contributed by atoms with Gasteiger partial charge in [0.2, 0.25) is 5.82 Å². The molecular formula is C24H26F3N7O3. The van der Waals surface area contributed by atoms with Gasteiger partial charge in [0.05, 0.1) is 38.3 Å². The third kappa shape index (κ3) is 4.68. The number of fused-ring (bicyclic) bond motifs is 1. The molecule has 0 saturated carbocycles. The first-order valence-corrected chi connectivity index (χ1v) is 11.4. The van der Waals surface area contributed by atoms with Gasteiger partial charge in [-0.25, -0.2) is 9.98 Å². The van der Waals surface area contributed by atoms with Crippen molar-refractivity contribution in [2.45, 2.75) is 26.9 Å². The SMILES string of the molecule is CCN(CC)c1ccc(/N=C2/C(C(F)(F)F)=Nn3c2nnc3-c2cc(OC)c(OC)cc2OC)c(C)n1. The van der Waals surface area contributed by atoms with Gasteiger partial charge in [-0.05, 0) is 39.0 Å². The molecule has 0 saturated heterocycles. The largest absolute Gasteiger partial charge is 0.496 e. The second-order valence-corrected chi connectivity index (χ2v) is 7.92. The van der Waals surface area contributed by atoms with Gasteiger partial charge >= 0.3 is 6.18 Å². The van der Waals surface area contributed by atoms with Crippen molar-refractivity contribution < 1.29 is 27.4 Å². The molecule has 0 amide bonds. The van der Waals surface area contributed by atoms with Gasteiger partial charge in [-0.2, -0.15) is 22.9 Å². The van der Waals surface area contributed by atoms with E-state index < -0.39 is 17.6 Å². The van der Waals surface area contributed by atoms with Crippen LogP contribution in [0.3, 0.4) is 0 Å². The zero-order chi connectivity index (χ0) is 26.9. The molecule has 0 atom stereocenters. The molecule has 3 aromatic rings. The number of ether oxygens (including phenoxy) is 3. The number of aromatic nitrogens is 4. The summed E-state index contributed by atoms with van der Waals surface area (Å²) < 4.78 is 59.2. The van der Waals surface area contributed by atoms with E-state index in [1.165, 1.54) is 27.4 Å². The molecule has 1 aliphatic heterocycles. The highest BCUT2D eigenvalue weighted by Crippen LogP contribution is 2.40.